The largest absolute Gasteiger partial charge is 0.482 e. The summed E-state index contributed by atoms with van der Waals surface area (Å²) < 4.78 is 10.2. The molecule has 0 saturated heterocycles. The molecule has 0 atom stereocenters. The van der Waals surface area contributed by atoms with Gasteiger partial charge in [0.1, 0.15) is 12.4 Å². The van der Waals surface area contributed by atoms with Gasteiger partial charge in [-0.2, -0.15) is 0 Å². The summed E-state index contributed by atoms with van der Waals surface area (Å²) in [5.41, 5.74) is 0.830. The maximum absolute atomic E-state index is 11.4. The number of carboxylic acids is 1. The molecule has 0 aliphatic heterocycles. The quantitative estimate of drug-likeness (QED) is 0.664. The SMILES string of the molecule is CCCOCC(=O)NCc1cccc(OCC(=O)O)c1. The van der Waals surface area contributed by atoms with Crippen LogP contribution in [0.5, 0.6) is 5.75 Å². The maximum Gasteiger partial charge on any atom is 0.341 e. The minimum absolute atomic E-state index is 0.0447. The third-order valence-corrected chi connectivity index (χ3v) is 2.33. The Morgan fingerprint density at radius 1 is 1.30 bits per heavy atom. The number of carbonyl (C=O) groups is 2. The van der Waals surface area contributed by atoms with Crippen LogP contribution in [0, 0.1) is 0 Å². The molecular weight excluding hydrogens is 262 g/mol. The second-order valence-corrected chi connectivity index (χ2v) is 4.16. The molecular formula is C14H19NO5. The van der Waals surface area contributed by atoms with Crippen molar-refractivity contribution in [3.8, 4) is 5.75 Å². The Labute approximate surface area is 117 Å². The smallest absolute Gasteiger partial charge is 0.341 e. The fourth-order valence-electron chi connectivity index (χ4n) is 1.45. The zero-order chi connectivity index (χ0) is 14.8. The van der Waals surface area contributed by atoms with Crippen LogP contribution < -0.4 is 10.1 Å². The highest BCUT2D eigenvalue weighted by molar-refractivity contribution is 5.77. The van der Waals surface area contributed by atoms with E-state index in [1.54, 1.807) is 18.2 Å². The zero-order valence-electron chi connectivity index (χ0n) is 11.4. The van der Waals surface area contributed by atoms with Crippen molar-refractivity contribution in [3.63, 3.8) is 0 Å². The zero-order valence-corrected chi connectivity index (χ0v) is 11.4. The molecule has 6 nitrogen and oxygen atoms in total. The molecule has 2 N–H and O–H groups in total. The molecule has 0 aromatic heterocycles. The number of hydrogen-bond donors (Lipinski definition) is 2. The van der Waals surface area contributed by atoms with Crippen LogP contribution in [0.15, 0.2) is 24.3 Å². The lowest BCUT2D eigenvalue weighted by Gasteiger charge is -2.08. The van der Waals surface area contributed by atoms with Gasteiger partial charge >= 0.3 is 5.97 Å². The van der Waals surface area contributed by atoms with E-state index in [1.807, 2.05) is 13.0 Å². The van der Waals surface area contributed by atoms with Crippen molar-refractivity contribution >= 4 is 11.9 Å². The molecule has 110 valence electrons. The summed E-state index contributed by atoms with van der Waals surface area (Å²) in [4.78, 5) is 21.8. The first-order chi connectivity index (χ1) is 9.61. The Balaban J connectivity index is 2.38. The molecule has 0 radical (unpaired) electrons. The highest BCUT2D eigenvalue weighted by Gasteiger charge is 2.03. The van der Waals surface area contributed by atoms with Gasteiger partial charge in [0.2, 0.25) is 5.91 Å². The van der Waals surface area contributed by atoms with E-state index < -0.39 is 5.97 Å². The summed E-state index contributed by atoms with van der Waals surface area (Å²) in [5, 5.41) is 11.2. The van der Waals surface area contributed by atoms with Crippen molar-refractivity contribution in [2.24, 2.45) is 0 Å². The van der Waals surface area contributed by atoms with Crippen molar-refractivity contribution in [2.75, 3.05) is 19.8 Å². The molecule has 1 amide bonds. The van der Waals surface area contributed by atoms with E-state index in [2.05, 4.69) is 5.32 Å². The van der Waals surface area contributed by atoms with E-state index in [9.17, 15) is 9.59 Å². The van der Waals surface area contributed by atoms with Crippen molar-refractivity contribution < 1.29 is 24.2 Å². The van der Waals surface area contributed by atoms with Crippen molar-refractivity contribution in [3.05, 3.63) is 29.8 Å². The molecule has 6 heteroatoms. The summed E-state index contributed by atoms with van der Waals surface area (Å²) in [6, 6.07) is 6.92. The number of benzene rings is 1. The van der Waals surface area contributed by atoms with Crippen LogP contribution >= 0.6 is 0 Å². The van der Waals surface area contributed by atoms with Crippen LogP contribution in [0.25, 0.3) is 0 Å². The van der Waals surface area contributed by atoms with Gasteiger partial charge in [0, 0.05) is 13.2 Å². The molecule has 0 unspecified atom stereocenters. The van der Waals surface area contributed by atoms with Crippen LogP contribution in [0.1, 0.15) is 18.9 Å². The number of carbonyl (C=O) groups excluding carboxylic acids is 1. The van der Waals surface area contributed by atoms with Crippen molar-refractivity contribution in [2.45, 2.75) is 19.9 Å². The summed E-state index contributed by atoms with van der Waals surface area (Å²) in [6.45, 7) is 2.54. The van der Waals surface area contributed by atoms with Crippen LogP contribution in [-0.4, -0.2) is 36.8 Å². The number of amides is 1. The molecule has 20 heavy (non-hydrogen) atoms. The van der Waals surface area contributed by atoms with Crippen molar-refractivity contribution in [1.29, 1.82) is 0 Å². The van der Waals surface area contributed by atoms with Gasteiger partial charge in [0.15, 0.2) is 6.61 Å². The Kier molecular flexibility index (Phi) is 7.13. The number of aliphatic carboxylic acids is 1. The van der Waals surface area contributed by atoms with E-state index >= 15 is 0 Å². The monoisotopic (exact) mass is 281 g/mol. The molecule has 0 aliphatic carbocycles. The number of ether oxygens (including phenoxy) is 2. The van der Waals surface area contributed by atoms with Gasteiger partial charge in [-0.3, -0.25) is 4.79 Å². The Morgan fingerprint density at radius 3 is 2.80 bits per heavy atom. The lowest BCUT2D eigenvalue weighted by Crippen LogP contribution is -2.27. The lowest BCUT2D eigenvalue weighted by molar-refractivity contribution is -0.139. The Hall–Kier alpha value is -2.08. The summed E-state index contributed by atoms with van der Waals surface area (Å²) in [7, 11) is 0. The van der Waals surface area contributed by atoms with Gasteiger partial charge < -0.3 is 19.9 Å². The summed E-state index contributed by atoms with van der Waals surface area (Å²) >= 11 is 0. The van der Waals surface area contributed by atoms with Gasteiger partial charge in [0.25, 0.3) is 0 Å². The molecule has 1 aromatic carbocycles. The fourth-order valence-corrected chi connectivity index (χ4v) is 1.45. The third kappa shape index (κ3) is 6.75. The van der Waals surface area contributed by atoms with E-state index in [-0.39, 0.29) is 19.1 Å². The average Bonchev–Trinajstić information content (AvgIpc) is 2.44. The van der Waals surface area contributed by atoms with E-state index in [0.29, 0.717) is 18.9 Å². The molecule has 0 bridgehead atoms. The second kappa shape index (κ2) is 8.92. The van der Waals surface area contributed by atoms with Gasteiger partial charge in [-0.25, -0.2) is 4.79 Å². The van der Waals surface area contributed by atoms with Gasteiger partial charge in [-0.15, -0.1) is 0 Å². The molecule has 0 aliphatic rings. The molecule has 0 saturated carbocycles. The van der Waals surface area contributed by atoms with E-state index in [0.717, 1.165) is 12.0 Å². The van der Waals surface area contributed by atoms with Gasteiger partial charge in [-0.05, 0) is 24.1 Å². The van der Waals surface area contributed by atoms with Crippen LogP contribution in [0.4, 0.5) is 0 Å². The Bertz CT molecular complexity index is 447. The normalized spacial score (nSPS) is 10.1. The topological polar surface area (TPSA) is 84.9 Å². The lowest BCUT2D eigenvalue weighted by atomic mass is 10.2. The van der Waals surface area contributed by atoms with Crippen LogP contribution in [-0.2, 0) is 20.9 Å². The predicted octanol–water partition coefficient (Wildman–Crippen LogP) is 1.19. The minimum atomic E-state index is -1.03. The number of rotatable bonds is 9. The number of hydrogen-bond acceptors (Lipinski definition) is 4. The summed E-state index contributed by atoms with van der Waals surface area (Å²) in [6.07, 6.45) is 0.871. The summed E-state index contributed by atoms with van der Waals surface area (Å²) in [5.74, 6) is -0.756. The first-order valence-electron chi connectivity index (χ1n) is 6.39. The number of nitrogens with one attached hydrogen (secondary N) is 1. The van der Waals surface area contributed by atoms with Crippen LogP contribution in [0.2, 0.25) is 0 Å². The molecule has 0 fully saturated rings. The Morgan fingerprint density at radius 2 is 2.10 bits per heavy atom. The van der Waals surface area contributed by atoms with E-state index in [1.165, 1.54) is 0 Å². The van der Waals surface area contributed by atoms with Gasteiger partial charge in [0.05, 0.1) is 0 Å². The number of carboxylic acid groups (broad SMARTS) is 1. The van der Waals surface area contributed by atoms with E-state index in [4.69, 9.17) is 14.6 Å². The molecule has 0 spiro atoms. The molecule has 0 heterocycles. The first-order valence-corrected chi connectivity index (χ1v) is 6.39. The molecule has 1 aromatic rings. The highest BCUT2D eigenvalue weighted by Crippen LogP contribution is 2.13. The van der Waals surface area contributed by atoms with Crippen LogP contribution in [0.3, 0.4) is 0 Å². The third-order valence-electron chi connectivity index (χ3n) is 2.33. The highest BCUT2D eigenvalue weighted by atomic mass is 16.5. The van der Waals surface area contributed by atoms with Crippen molar-refractivity contribution in [1.82, 2.24) is 5.32 Å². The first kappa shape index (κ1) is 16.0. The standard InChI is InChI=1S/C14H19NO5/c1-2-6-19-9-13(16)15-8-11-4-3-5-12(7-11)20-10-14(17)18/h3-5,7H,2,6,8-10H2,1H3,(H,15,16)(H,17,18). The average molecular weight is 281 g/mol. The van der Waals surface area contributed by atoms with Gasteiger partial charge in [-0.1, -0.05) is 19.1 Å². The predicted molar refractivity (Wildman–Crippen MR) is 72.5 cm³/mol. The second-order valence-electron chi connectivity index (χ2n) is 4.16. The molecule has 1 rings (SSSR count). The minimum Gasteiger partial charge on any atom is -0.482 e. The fraction of sp³-hybridized carbons (Fsp3) is 0.429. The maximum atomic E-state index is 11.4.